The van der Waals surface area contributed by atoms with Gasteiger partial charge in [-0.15, -0.1) is 0 Å². The van der Waals surface area contributed by atoms with Crippen LogP contribution in [0.15, 0.2) is 42.5 Å². The second-order valence-electron chi connectivity index (χ2n) is 3.85. The van der Waals surface area contributed by atoms with Crippen molar-refractivity contribution in [2.75, 3.05) is 7.11 Å². The zero-order valence-electron chi connectivity index (χ0n) is 10.6. The van der Waals surface area contributed by atoms with Crippen molar-refractivity contribution in [3.05, 3.63) is 58.1 Å². The van der Waals surface area contributed by atoms with Crippen LogP contribution in [-0.4, -0.2) is 18.3 Å². The van der Waals surface area contributed by atoms with Crippen LogP contribution in [0, 0.1) is 10.1 Å². The Balaban J connectivity index is 2.38. The second-order valence-corrected chi connectivity index (χ2v) is 3.85. The van der Waals surface area contributed by atoms with Gasteiger partial charge in [-0.25, -0.2) is 0 Å². The third-order valence-electron chi connectivity index (χ3n) is 2.62. The van der Waals surface area contributed by atoms with Crippen molar-refractivity contribution in [2.24, 2.45) is 0 Å². The first-order chi connectivity index (χ1) is 9.65. The molecule has 0 amide bonds. The maximum atomic E-state index is 11.0. The molecule has 2 aromatic rings. The highest BCUT2D eigenvalue weighted by molar-refractivity contribution is 5.81. The second kappa shape index (κ2) is 5.83. The molecule has 0 fully saturated rings. The Kier molecular flexibility index (Phi) is 3.95. The number of carbonyl (C=O) groups excluding carboxylic acids is 1. The molecule has 0 N–H and O–H groups in total. The summed E-state index contributed by atoms with van der Waals surface area (Å²) in [6, 6.07) is 10.7. The van der Waals surface area contributed by atoms with E-state index in [9.17, 15) is 14.9 Å². The van der Waals surface area contributed by atoms with E-state index >= 15 is 0 Å². The number of benzene rings is 2. The fourth-order valence-electron chi connectivity index (χ4n) is 1.66. The Labute approximate surface area is 114 Å². The van der Waals surface area contributed by atoms with Gasteiger partial charge in [0.15, 0.2) is 17.8 Å². The summed E-state index contributed by atoms with van der Waals surface area (Å²) in [6.45, 7) is 0. The van der Waals surface area contributed by atoms with Crippen LogP contribution in [0.5, 0.6) is 17.2 Å². The first-order valence-electron chi connectivity index (χ1n) is 5.70. The number of rotatable bonds is 5. The van der Waals surface area contributed by atoms with Gasteiger partial charge in [0.05, 0.1) is 17.6 Å². The molecule has 0 radical (unpaired) electrons. The van der Waals surface area contributed by atoms with Crippen LogP contribution in [-0.2, 0) is 0 Å². The van der Waals surface area contributed by atoms with Crippen LogP contribution in [0.4, 0.5) is 5.69 Å². The molecule has 0 aromatic heterocycles. The Bertz CT molecular complexity index is 654. The van der Waals surface area contributed by atoms with Gasteiger partial charge in [0.25, 0.3) is 5.69 Å². The zero-order valence-corrected chi connectivity index (χ0v) is 10.6. The van der Waals surface area contributed by atoms with E-state index in [0.29, 0.717) is 17.8 Å². The quantitative estimate of drug-likeness (QED) is 0.475. The number of non-ortho nitro benzene ring substituents is 1. The van der Waals surface area contributed by atoms with E-state index in [2.05, 4.69) is 0 Å². The minimum atomic E-state index is -0.570. The molecule has 0 heterocycles. The van der Waals surface area contributed by atoms with Crippen molar-refractivity contribution in [3.63, 3.8) is 0 Å². The topological polar surface area (TPSA) is 78.7 Å². The molecule has 6 heteroatoms. The molecule has 102 valence electrons. The van der Waals surface area contributed by atoms with Gasteiger partial charge in [0.2, 0.25) is 0 Å². The Hall–Kier alpha value is -2.89. The van der Waals surface area contributed by atoms with Crippen molar-refractivity contribution in [1.29, 1.82) is 0 Å². The van der Waals surface area contributed by atoms with Crippen LogP contribution >= 0.6 is 0 Å². The molecular weight excluding hydrogens is 262 g/mol. The summed E-state index contributed by atoms with van der Waals surface area (Å²) in [7, 11) is 1.50. The largest absolute Gasteiger partial charge is 0.493 e. The predicted octanol–water partition coefficient (Wildman–Crippen LogP) is 3.21. The van der Waals surface area contributed by atoms with Crippen LogP contribution in [0.2, 0.25) is 0 Å². The summed E-state index contributed by atoms with van der Waals surface area (Å²) < 4.78 is 10.7. The minimum Gasteiger partial charge on any atom is -0.493 e. The lowest BCUT2D eigenvalue weighted by molar-refractivity contribution is -0.384. The number of para-hydroxylation sites is 2. The summed E-state index contributed by atoms with van der Waals surface area (Å²) in [5.41, 5.74) is -0.0652. The van der Waals surface area contributed by atoms with Gasteiger partial charge in [0.1, 0.15) is 5.75 Å². The molecular formula is C14H11NO5. The zero-order chi connectivity index (χ0) is 14.5. The van der Waals surface area contributed by atoms with Crippen molar-refractivity contribution >= 4 is 12.0 Å². The van der Waals surface area contributed by atoms with Gasteiger partial charge in [-0.05, 0) is 18.2 Å². The summed E-state index contributed by atoms with van der Waals surface area (Å²) in [5.74, 6) is 1.16. The summed E-state index contributed by atoms with van der Waals surface area (Å²) in [6.07, 6.45) is 0.512. The number of ether oxygens (including phenoxy) is 2. The van der Waals surface area contributed by atoms with Gasteiger partial charge in [-0.1, -0.05) is 12.1 Å². The van der Waals surface area contributed by atoms with Gasteiger partial charge in [-0.3, -0.25) is 14.9 Å². The SMILES string of the molecule is COc1ccccc1Oc1ccc([N+](=O)[O-])cc1C=O. The van der Waals surface area contributed by atoms with Crippen LogP contribution < -0.4 is 9.47 Å². The van der Waals surface area contributed by atoms with Crippen molar-refractivity contribution in [2.45, 2.75) is 0 Å². The number of nitro groups is 1. The fraction of sp³-hybridized carbons (Fsp3) is 0.0714. The van der Waals surface area contributed by atoms with E-state index in [4.69, 9.17) is 9.47 Å². The lowest BCUT2D eigenvalue weighted by Crippen LogP contribution is -1.95. The number of nitrogens with zero attached hydrogens (tertiary/aromatic N) is 1. The van der Waals surface area contributed by atoms with Gasteiger partial charge in [0, 0.05) is 12.1 Å². The molecule has 0 unspecified atom stereocenters. The molecule has 2 rings (SSSR count). The standard InChI is InChI=1S/C14H11NO5/c1-19-13-4-2-3-5-14(13)20-12-7-6-11(15(17)18)8-10(12)9-16/h2-9H,1H3. The Morgan fingerprint density at radius 2 is 1.80 bits per heavy atom. The number of hydrogen-bond donors (Lipinski definition) is 0. The van der Waals surface area contributed by atoms with Crippen LogP contribution in [0.25, 0.3) is 0 Å². The first-order valence-corrected chi connectivity index (χ1v) is 5.70. The van der Waals surface area contributed by atoms with Crippen molar-refractivity contribution in [3.8, 4) is 17.2 Å². The van der Waals surface area contributed by atoms with E-state index in [1.54, 1.807) is 24.3 Å². The third-order valence-corrected chi connectivity index (χ3v) is 2.62. The molecule has 0 aliphatic carbocycles. The summed E-state index contributed by atoms with van der Waals surface area (Å²) >= 11 is 0. The predicted molar refractivity (Wildman–Crippen MR) is 71.6 cm³/mol. The molecule has 2 aromatic carbocycles. The number of methoxy groups -OCH3 is 1. The Morgan fingerprint density at radius 1 is 1.10 bits per heavy atom. The average Bonchev–Trinajstić information content (AvgIpc) is 2.48. The average molecular weight is 273 g/mol. The van der Waals surface area contributed by atoms with E-state index < -0.39 is 4.92 Å². The number of carbonyl (C=O) groups is 1. The van der Waals surface area contributed by atoms with Gasteiger partial charge < -0.3 is 9.47 Å². The maximum absolute atomic E-state index is 11.0. The highest BCUT2D eigenvalue weighted by Gasteiger charge is 2.13. The number of aldehydes is 1. The van der Waals surface area contributed by atoms with Gasteiger partial charge in [-0.2, -0.15) is 0 Å². The van der Waals surface area contributed by atoms with E-state index in [1.165, 1.54) is 19.2 Å². The molecule has 0 aliphatic heterocycles. The smallest absolute Gasteiger partial charge is 0.270 e. The minimum absolute atomic E-state index is 0.102. The van der Waals surface area contributed by atoms with E-state index in [1.807, 2.05) is 0 Å². The maximum Gasteiger partial charge on any atom is 0.270 e. The molecule has 0 spiro atoms. The first kappa shape index (κ1) is 13.5. The summed E-state index contributed by atoms with van der Waals surface area (Å²) in [5, 5.41) is 10.7. The molecule has 0 saturated heterocycles. The Morgan fingerprint density at radius 3 is 2.40 bits per heavy atom. The fourth-order valence-corrected chi connectivity index (χ4v) is 1.66. The van der Waals surface area contributed by atoms with Crippen LogP contribution in [0.1, 0.15) is 10.4 Å². The van der Waals surface area contributed by atoms with Crippen molar-refractivity contribution in [1.82, 2.24) is 0 Å². The van der Waals surface area contributed by atoms with Crippen LogP contribution in [0.3, 0.4) is 0 Å². The lowest BCUT2D eigenvalue weighted by Gasteiger charge is -2.11. The molecule has 0 atom stereocenters. The third kappa shape index (κ3) is 2.74. The van der Waals surface area contributed by atoms with E-state index in [0.717, 1.165) is 6.07 Å². The number of hydrogen-bond acceptors (Lipinski definition) is 5. The summed E-state index contributed by atoms with van der Waals surface area (Å²) in [4.78, 5) is 21.1. The number of nitro benzene ring substituents is 1. The molecule has 6 nitrogen and oxygen atoms in total. The van der Waals surface area contributed by atoms with E-state index in [-0.39, 0.29) is 17.0 Å². The normalized spacial score (nSPS) is 9.85. The monoisotopic (exact) mass is 273 g/mol. The highest BCUT2D eigenvalue weighted by atomic mass is 16.6. The highest BCUT2D eigenvalue weighted by Crippen LogP contribution is 2.33. The van der Waals surface area contributed by atoms with Crippen molar-refractivity contribution < 1.29 is 19.2 Å². The van der Waals surface area contributed by atoms with Gasteiger partial charge >= 0.3 is 0 Å². The molecule has 0 aliphatic rings. The molecule has 20 heavy (non-hydrogen) atoms. The molecule has 0 saturated carbocycles. The molecule has 0 bridgehead atoms. The lowest BCUT2D eigenvalue weighted by atomic mass is 10.2.